The molecule has 258 valence electrons. The molecule has 1 aliphatic rings. The molecule has 1 aliphatic heterocycles. The maximum absolute atomic E-state index is 13.1. The molecule has 0 saturated heterocycles. The van der Waals surface area contributed by atoms with E-state index in [2.05, 4.69) is 0 Å². The van der Waals surface area contributed by atoms with Crippen LogP contribution in [0.4, 0.5) is 13.2 Å². The van der Waals surface area contributed by atoms with Gasteiger partial charge < -0.3 is 20.1 Å². The second-order valence-corrected chi connectivity index (χ2v) is 12.3. The fourth-order valence-electron chi connectivity index (χ4n) is 6.30. The normalized spacial score (nSPS) is 14.6. The Hall–Kier alpha value is -5.34. The van der Waals surface area contributed by atoms with E-state index in [1.165, 1.54) is 12.1 Å². The fourth-order valence-corrected chi connectivity index (χ4v) is 6.30. The maximum Gasteiger partial charge on any atom is 0.421 e. The fraction of sp³-hybridized carbons (Fsp3) is 0.214. The van der Waals surface area contributed by atoms with Gasteiger partial charge in [0.05, 0.1) is 5.56 Å². The van der Waals surface area contributed by atoms with Crippen LogP contribution < -0.4 is 0 Å². The zero-order valence-electron chi connectivity index (χ0n) is 28.4. The summed E-state index contributed by atoms with van der Waals surface area (Å²) in [5.74, 6) is 0.167. The van der Waals surface area contributed by atoms with Crippen LogP contribution in [-0.2, 0) is 15.9 Å². The molecular formula is C42H39F3O5. The van der Waals surface area contributed by atoms with Crippen LogP contribution in [0.5, 0.6) is 11.5 Å². The van der Waals surface area contributed by atoms with Crippen LogP contribution in [0, 0.1) is 0 Å². The summed E-state index contributed by atoms with van der Waals surface area (Å²) in [6, 6.07) is 35.2. The third-order valence-electron chi connectivity index (χ3n) is 9.02. The average Bonchev–Trinajstić information content (AvgIpc) is 3.42. The number of ether oxygens (including phenoxy) is 1. The van der Waals surface area contributed by atoms with Gasteiger partial charge in [0.1, 0.15) is 11.5 Å². The lowest BCUT2D eigenvalue weighted by molar-refractivity contribution is -0.258. The molecule has 0 radical (unpaired) electrons. The summed E-state index contributed by atoms with van der Waals surface area (Å²) in [6.07, 6.45) is -4.66. The Morgan fingerprint density at radius 2 is 1.06 bits per heavy atom. The van der Waals surface area contributed by atoms with Gasteiger partial charge in [0.2, 0.25) is 0 Å². The summed E-state index contributed by atoms with van der Waals surface area (Å²) in [7, 11) is 0. The molecular weight excluding hydrogens is 641 g/mol. The lowest BCUT2D eigenvalue weighted by Gasteiger charge is -2.32. The SMILES string of the molecule is CC.CC(C)c1ccc(C(C)(O)C(F)(F)F)cc1.O=C1OC(c2ccc(O)c3ccccc23)(c2ccc(O)c3ccccc23)c2ccccc21. The van der Waals surface area contributed by atoms with Crippen molar-refractivity contribution in [3.05, 3.63) is 155 Å². The Kier molecular flexibility index (Phi) is 9.98. The molecule has 7 rings (SSSR count). The molecule has 1 unspecified atom stereocenters. The topological polar surface area (TPSA) is 87.0 Å². The molecule has 1 atom stereocenters. The van der Waals surface area contributed by atoms with Crippen molar-refractivity contribution < 1.29 is 38.0 Å². The Morgan fingerprint density at radius 3 is 1.52 bits per heavy atom. The molecule has 0 aliphatic carbocycles. The molecule has 0 bridgehead atoms. The number of benzene rings is 6. The lowest BCUT2D eigenvalue weighted by atomic mass is 9.76. The Labute approximate surface area is 289 Å². The predicted octanol–water partition coefficient (Wildman–Crippen LogP) is 10.5. The van der Waals surface area contributed by atoms with E-state index < -0.39 is 23.3 Å². The second-order valence-electron chi connectivity index (χ2n) is 12.3. The number of carbonyl (C=O) groups is 1. The lowest BCUT2D eigenvalue weighted by Crippen LogP contribution is -2.39. The van der Waals surface area contributed by atoms with Gasteiger partial charge in [-0.05, 0) is 65.1 Å². The summed E-state index contributed by atoms with van der Waals surface area (Å²) in [5.41, 5.74) is -0.485. The number of hydrogen-bond donors (Lipinski definition) is 3. The van der Waals surface area contributed by atoms with Gasteiger partial charge in [0.15, 0.2) is 11.2 Å². The van der Waals surface area contributed by atoms with Gasteiger partial charge in [-0.2, -0.15) is 13.2 Å². The van der Waals surface area contributed by atoms with E-state index in [0.717, 1.165) is 39.9 Å². The zero-order chi connectivity index (χ0) is 36.4. The Balaban J connectivity index is 0.000000229. The minimum absolute atomic E-state index is 0.135. The number of cyclic esters (lactones) is 1. The number of rotatable bonds is 4. The number of aromatic hydroxyl groups is 2. The number of fused-ring (bicyclic) bond motifs is 3. The Morgan fingerprint density at radius 1 is 0.620 bits per heavy atom. The molecule has 8 heteroatoms. The van der Waals surface area contributed by atoms with Crippen molar-refractivity contribution in [1.29, 1.82) is 0 Å². The molecule has 0 saturated carbocycles. The molecule has 0 spiro atoms. The van der Waals surface area contributed by atoms with Crippen molar-refractivity contribution in [3.8, 4) is 11.5 Å². The zero-order valence-corrected chi connectivity index (χ0v) is 28.4. The van der Waals surface area contributed by atoms with E-state index in [1.54, 1.807) is 30.3 Å². The molecule has 50 heavy (non-hydrogen) atoms. The van der Waals surface area contributed by atoms with Crippen molar-refractivity contribution in [1.82, 2.24) is 0 Å². The number of phenols is 2. The van der Waals surface area contributed by atoms with Crippen molar-refractivity contribution >= 4 is 27.5 Å². The van der Waals surface area contributed by atoms with Crippen molar-refractivity contribution in [2.75, 3.05) is 0 Å². The molecule has 6 aromatic rings. The number of esters is 1. The average molecular weight is 681 g/mol. The summed E-state index contributed by atoms with van der Waals surface area (Å²) >= 11 is 0. The second kappa shape index (κ2) is 13.9. The highest BCUT2D eigenvalue weighted by Gasteiger charge is 2.51. The minimum atomic E-state index is -4.66. The Bertz CT molecular complexity index is 2070. The first-order chi connectivity index (χ1) is 23.8. The molecule has 0 amide bonds. The van der Waals surface area contributed by atoms with Gasteiger partial charge >= 0.3 is 12.1 Å². The highest BCUT2D eigenvalue weighted by Crippen LogP contribution is 2.52. The molecule has 1 heterocycles. The first-order valence-electron chi connectivity index (χ1n) is 16.4. The molecule has 0 aromatic heterocycles. The summed E-state index contributed by atoms with van der Waals surface area (Å²) in [4.78, 5) is 13.1. The largest absolute Gasteiger partial charge is 0.507 e. The molecule has 0 fully saturated rings. The van der Waals surface area contributed by atoms with Gasteiger partial charge in [-0.1, -0.05) is 119 Å². The standard InChI is InChI=1S/C28H18O4.C12H15F3O.C2H6/c29-25-15-13-23(17-7-1-3-9-19(17)25)28(22-12-6-5-11-21(22)27(31)32-28)24-14-16-26(30)20-10-4-2-8-18(20)24;1-8(2)9-4-6-10(7-5-9)11(3,16)12(13,14)15;1-2/h1-16,29-30H;4-8,16H,1-3H3;1-2H3. The monoisotopic (exact) mass is 680 g/mol. The van der Waals surface area contributed by atoms with Crippen LogP contribution in [0.25, 0.3) is 21.5 Å². The minimum Gasteiger partial charge on any atom is -0.507 e. The van der Waals surface area contributed by atoms with Gasteiger partial charge in [0, 0.05) is 27.5 Å². The van der Waals surface area contributed by atoms with Gasteiger partial charge in [0.25, 0.3) is 0 Å². The first-order valence-corrected chi connectivity index (χ1v) is 16.4. The van der Waals surface area contributed by atoms with Crippen LogP contribution in [0.1, 0.15) is 78.7 Å². The van der Waals surface area contributed by atoms with E-state index >= 15 is 0 Å². The molecule has 6 aromatic carbocycles. The van der Waals surface area contributed by atoms with E-state index in [1.807, 2.05) is 107 Å². The summed E-state index contributed by atoms with van der Waals surface area (Å²) in [5, 5.41) is 33.4. The van der Waals surface area contributed by atoms with Crippen LogP contribution in [0.15, 0.2) is 121 Å². The molecule has 3 N–H and O–H groups in total. The third kappa shape index (κ3) is 6.16. The number of halogens is 3. The first kappa shape index (κ1) is 36.0. The summed E-state index contributed by atoms with van der Waals surface area (Å²) in [6.45, 7) is 8.67. The third-order valence-corrected chi connectivity index (χ3v) is 9.02. The molecule has 5 nitrogen and oxygen atoms in total. The smallest absolute Gasteiger partial charge is 0.421 e. The van der Waals surface area contributed by atoms with E-state index in [4.69, 9.17) is 4.74 Å². The maximum atomic E-state index is 13.1. The van der Waals surface area contributed by atoms with Crippen LogP contribution in [0.2, 0.25) is 0 Å². The van der Waals surface area contributed by atoms with Crippen LogP contribution >= 0.6 is 0 Å². The van der Waals surface area contributed by atoms with Crippen molar-refractivity contribution in [2.45, 2.75) is 57.9 Å². The van der Waals surface area contributed by atoms with E-state index in [0.29, 0.717) is 16.3 Å². The van der Waals surface area contributed by atoms with E-state index in [9.17, 15) is 33.3 Å². The highest BCUT2D eigenvalue weighted by molar-refractivity contribution is 6.02. The predicted molar refractivity (Wildman–Crippen MR) is 190 cm³/mol. The van der Waals surface area contributed by atoms with Gasteiger partial charge in [-0.3, -0.25) is 0 Å². The quantitative estimate of drug-likeness (QED) is 0.161. The van der Waals surface area contributed by atoms with Gasteiger partial charge in [-0.15, -0.1) is 0 Å². The number of phenolic OH excluding ortho intramolecular Hbond substituents is 2. The summed E-state index contributed by atoms with van der Waals surface area (Å²) < 4.78 is 43.9. The van der Waals surface area contributed by atoms with Crippen LogP contribution in [-0.4, -0.2) is 27.5 Å². The van der Waals surface area contributed by atoms with Crippen molar-refractivity contribution in [3.63, 3.8) is 0 Å². The van der Waals surface area contributed by atoms with E-state index in [-0.39, 0.29) is 23.0 Å². The number of alkyl halides is 3. The highest BCUT2D eigenvalue weighted by atomic mass is 19.4. The van der Waals surface area contributed by atoms with Crippen molar-refractivity contribution in [2.24, 2.45) is 0 Å². The van der Waals surface area contributed by atoms with Gasteiger partial charge in [-0.25, -0.2) is 4.79 Å². The number of carbonyl (C=O) groups excluding carboxylic acids is 1. The number of aliphatic hydroxyl groups is 1. The van der Waals surface area contributed by atoms with Crippen LogP contribution in [0.3, 0.4) is 0 Å². The number of hydrogen-bond acceptors (Lipinski definition) is 5.